The van der Waals surface area contributed by atoms with Gasteiger partial charge in [-0.05, 0) is 0 Å². The molecule has 0 atom stereocenters. The molecule has 0 saturated carbocycles. The van der Waals surface area contributed by atoms with Gasteiger partial charge in [0.05, 0.1) is 0 Å². The first kappa shape index (κ1) is 9.89. The summed E-state index contributed by atoms with van der Waals surface area (Å²) in [5.41, 5.74) is 0.0759. The number of carbonyl (C=O) groups excluding carboxylic acids is 1. The molecule has 0 radical (unpaired) electrons. The molecule has 80 valence electrons. The first-order valence-corrected chi connectivity index (χ1v) is 4.99. The second-order valence-electron chi connectivity index (χ2n) is 3.90. The quantitative estimate of drug-likeness (QED) is 0.711. The van der Waals surface area contributed by atoms with Crippen molar-refractivity contribution in [3.63, 3.8) is 0 Å². The zero-order valence-electron chi connectivity index (χ0n) is 8.78. The third-order valence-corrected chi connectivity index (χ3v) is 2.42. The van der Waals surface area contributed by atoms with Crippen molar-refractivity contribution in [2.24, 2.45) is 0 Å². The van der Waals surface area contributed by atoms with Crippen molar-refractivity contribution in [3.8, 4) is 0 Å². The molecular weight excluding hydrogens is 194 g/mol. The predicted molar refractivity (Wildman–Crippen MR) is 54.9 cm³/mol. The Morgan fingerprint density at radius 2 is 2.20 bits per heavy atom. The number of hydrogen-bond donors (Lipinski definition) is 1. The monoisotopic (exact) mass is 207 g/mol. The third kappa shape index (κ3) is 1.65. The van der Waals surface area contributed by atoms with Gasteiger partial charge in [0.1, 0.15) is 11.5 Å². The van der Waals surface area contributed by atoms with E-state index in [1.165, 1.54) is 6.07 Å². The molecule has 0 aromatic carbocycles. The first-order chi connectivity index (χ1) is 7.09. The third-order valence-electron chi connectivity index (χ3n) is 2.42. The lowest BCUT2D eigenvalue weighted by molar-refractivity contribution is 0.0924. The van der Waals surface area contributed by atoms with Gasteiger partial charge in [-0.3, -0.25) is 9.59 Å². The van der Waals surface area contributed by atoms with Crippen molar-refractivity contribution in [3.05, 3.63) is 27.9 Å². The maximum atomic E-state index is 11.5. The Morgan fingerprint density at radius 3 is 2.87 bits per heavy atom. The van der Waals surface area contributed by atoms with Gasteiger partial charge in [0.25, 0.3) is 11.5 Å². The molecule has 0 bridgehead atoms. The summed E-state index contributed by atoms with van der Waals surface area (Å²) < 4.78 is 1.82. The molecule has 1 amide bonds. The smallest absolute Gasteiger partial charge is 0.273 e. The molecular formula is C10H13N3O2. The maximum Gasteiger partial charge on any atom is 0.273 e. The molecule has 1 N–H and O–H groups in total. The van der Waals surface area contributed by atoms with Crippen molar-refractivity contribution >= 4 is 5.91 Å². The lowest BCUT2D eigenvalue weighted by Crippen LogP contribution is -2.39. The molecule has 0 saturated heterocycles. The summed E-state index contributed by atoms with van der Waals surface area (Å²) in [7, 11) is 0. The number of nitrogens with one attached hydrogen (secondary N) is 1. The van der Waals surface area contributed by atoms with Crippen LogP contribution in [0.15, 0.2) is 10.9 Å². The summed E-state index contributed by atoms with van der Waals surface area (Å²) in [5.74, 6) is 0.638. The Morgan fingerprint density at radius 1 is 1.47 bits per heavy atom. The van der Waals surface area contributed by atoms with Crippen LogP contribution in [0.3, 0.4) is 0 Å². The Hall–Kier alpha value is -1.65. The molecule has 0 aliphatic carbocycles. The standard InChI is InChI=1S/C10H13N3O2/c1-6(2)9-12-8(14)5-7-10(15)11-3-4-13(7)9/h5-6H,3-4H2,1-2H3,(H,11,15). The Kier molecular flexibility index (Phi) is 2.30. The van der Waals surface area contributed by atoms with Crippen molar-refractivity contribution in [2.75, 3.05) is 6.54 Å². The second kappa shape index (κ2) is 3.49. The van der Waals surface area contributed by atoms with Crippen LogP contribution in [0.2, 0.25) is 0 Å². The highest BCUT2D eigenvalue weighted by Gasteiger charge is 2.20. The molecule has 0 fully saturated rings. The van der Waals surface area contributed by atoms with E-state index in [0.29, 0.717) is 24.6 Å². The lowest BCUT2D eigenvalue weighted by atomic mass is 10.1. The minimum atomic E-state index is -0.345. The molecule has 0 spiro atoms. The van der Waals surface area contributed by atoms with E-state index in [9.17, 15) is 9.59 Å². The lowest BCUT2D eigenvalue weighted by Gasteiger charge is -2.23. The van der Waals surface area contributed by atoms with Gasteiger partial charge in [-0.2, -0.15) is 4.98 Å². The molecule has 15 heavy (non-hydrogen) atoms. The average molecular weight is 207 g/mol. The normalized spacial score (nSPS) is 15.0. The highest BCUT2D eigenvalue weighted by molar-refractivity contribution is 5.93. The van der Waals surface area contributed by atoms with Crippen LogP contribution in [0, 0.1) is 0 Å². The molecule has 5 heteroatoms. The molecule has 2 heterocycles. The van der Waals surface area contributed by atoms with Crippen LogP contribution in [0.25, 0.3) is 0 Å². The van der Waals surface area contributed by atoms with E-state index in [4.69, 9.17) is 0 Å². The van der Waals surface area contributed by atoms with Gasteiger partial charge in [-0.25, -0.2) is 0 Å². The van der Waals surface area contributed by atoms with Crippen LogP contribution in [-0.2, 0) is 6.54 Å². The fraction of sp³-hybridized carbons (Fsp3) is 0.500. The van der Waals surface area contributed by atoms with Crippen LogP contribution in [0.5, 0.6) is 0 Å². The Balaban J connectivity index is 2.67. The van der Waals surface area contributed by atoms with Crippen LogP contribution in [0.1, 0.15) is 36.1 Å². The van der Waals surface area contributed by atoms with Crippen LogP contribution >= 0.6 is 0 Å². The molecule has 1 aromatic heterocycles. The maximum absolute atomic E-state index is 11.5. The van der Waals surface area contributed by atoms with Gasteiger partial charge in [0.2, 0.25) is 0 Å². The Bertz CT molecular complexity index is 462. The van der Waals surface area contributed by atoms with Crippen LogP contribution in [-0.4, -0.2) is 22.0 Å². The van der Waals surface area contributed by atoms with Gasteiger partial charge in [0, 0.05) is 25.1 Å². The average Bonchev–Trinajstić information content (AvgIpc) is 2.18. The zero-order chi connectivity index (χ0) is 11.0. The van der Waals surface area contributed by atoms with Crippen molar-refractivity contribution in [1.29, 1.82) is 0 Å². The fourth-order valence-electron chi connectivity index (χ4n) is 1.76. The summed E-state index contributed by atoms with van der Waals surface area (Å²) in [6, 6.07) is 1.29. The molecule has 0 unspecified atom stereocenters. The summed E-state index contributed by atoms with van der Waals surface area (Å²) in [6.07, 6.45) is 0. The van der Waals surface area contributed by atoms with E-state index < -0.39 is 0 Å². The largest absolute Gasteiger partial charge is 0.349 e. The second-order valence-corrected chi connectivity index (χ2v) is 3.90. The number of nitrogens with zero attached hydrogens (tertiary/aromatic N) is 2. The van der Waals surface area contributed by atoms with E-state index in [1.54, 1.807) is 0 Å². The summed E-state index contributed by atoms with van der Waals surface area (Å²) in [5, 5.41) is 2.71. The number of fused-ring (bicyclic) bond motifs is 1. The van der Waals surface area contributed by atoms with Gasteiger partial charge in [-0.1, -0.05) is 13.8 Å². The minimum Gasteiger partial charge on any atom is -0.349 e. The SMILES string of the molecule is CC(C)c1nc(=O)cc2n1CCNC2=O. The van der Waals surface area contributed by atoms with Crippen molar-refractivity contribution in [1.82, 2.24) is 14.9 Å². The number of amides is 1. The number of carbonyl (C=O) groups is 1. The number of rotatable bonds is 1. The topological polar surface area (TPSA) is 64.0 Å². The van der Waals surface area contributed by atoms with Gasteiger partial charge < -0.3 is 9.88 Å². The van der Waals surface area contributed by atoms with E-state index >= 15 is 0 Å². The van der Waals surface area contributed by atoms with Crippen molar-refractivity contribution < 1.29 is 4.79 Å². The van der Waals surface area contributed by atoms with Gasteiger partial charge in [-0.15, -0.1) is 0 Å². The molecule has 1 aromatic rings. The summed E-state index contributed by atoms with van der Waals surface area (Å²) in [6.45, 7) is 5.20. The molecule has 2 rings (SSSR count). The highest BCUT2D eigenvalue weighted by Crippen LogP contribution is 2.13. The summed E-state index contributed by atoms with van der Waals surface area (Å²) in [4.78, 5) is 26.8. The zero-order valence-corrected chi connectivity index (χ0v) is 8.78. The summed E-state index contributed by atoms with van der Waals surface area (Å²) >= 11 is 0. The van der Waals surface area contributed by atoms with E-state index in [-0.39, 0.29) is 17.4 Å². The van der Waals surface area contributed by atoms with Gasteiger partial charge >= 0.3 is 0 Å². The minimum absolute atomic E-state index is 0.142. The predicted octanol–water partition coefficient (Wildman–Crippen LogP) is 0.110. The van der Waals surface area contributed by atoms with Crippen LogP contribution < -0.4 is 10.9 Å². The number of hydrogen-bond acceptors (Lipinski definition) is 3. The Labute approximate surface area is 87.1 Å². The molecule has 1 aliphatic heterocycles. The van der Waals surface area contributed by atoms with Gasteiger partial charge in [0.15, 0.2) is 0 Å². The van der Waals surface area contributed by atoms with E-state index in [0.717, 1.165) is 0 Å². The fourth-order valence-corrected chi connectivity index (χ4v) is 1.76. The van der Waals surface area contributed by atoms with E-state index in [2.05, 4.69) is 10.3 Å². The molecule has 1 aliphatic rings. The van der Waals surface area contributed by atoms with Crippen molar-refractivity contribution in [2.45, 2.75) is 26.3 Å². The first-order valence-electron chi connectivity index (χ1n) is 4.99. The number of aromatic nitrogens is 2. The highest BCUT2D eigenvalue weighted by atomic mass is 16.2. The molecule has 5 nitrogen and oxygen atoms in total. The van der Waals surface area contributed by atoms with Crippen LogP contribution in [0.4, 0.5) is 0 Å². The van der Waals surface area contributed by atoms with E-state index in [1.807, 2.05) is 18.4 Å².